The summed E-state index contributed by atoms with van der Waals surface area (Å²) in [5.41, 5.74) is -0.00613. The molecule has 2 atom stereocenters. The first-order valence-electron chi connectivity index (χ1n) is 9.08. The normalized spacial score (nSPS) is 27.8. The molecule has 1 aliphatic heterocycles. The van der Waals surface area contributed by atoms with Crippen molar-refractivity contribution in [1.29, 1.82) is 0 Å². The summed E-state index contributed by atoms with van der Waals surface area (Å²) in [6.07, 6.45) is 3.24. The van der Waals surface area contributed by atoms with E-state index in [9.17, 15) is 19.8 Å². The monoisotopic (exact) mass is 345 g/mol. The molecule has 5 nitrogen and oxygen atoms in total. The number of likely N-dealkylation sites (tertiary alicyclic amines) is 1. The third-order valence-corrected chi connectivity index (χ3v) is 6.05. The first kappa shape index (κ1) is 17.9. The molecule has 0 radical (unpaired) electrons. The zero-order valence-corrected chi connectivity index (χ0v) is 14.8. The number of β-amino-alcohol motifs (C(OH)–C–C–N with tert-alkyl or cyclic N) is 1. The molecule has 0 spiro atoms. The van der Waals surface area contributed by atoms with Crippen LogP contribution in [0, 0.1) is 10.8 Å². The van der Waals surface area contributed by atoms with Crippen molar-refractivity contribution < 1.29 is 19.8 Å². The van der Waals surface area contributed by atoms with Crippen molar-refractivity contribution in [3.8, 4) is 0 Å². The summed E-state index contributed by atoms with van der Waals surface area (Å²) >= 11 is 0. The smallest absolute Gasteiger partial charge is 0.312 e. The zero-order valence-electron chi connectivity index (χ0n) is 14.8. The second-order valence-corrected chi connectivity index (χ2v) is 8.04. The number of benzene rings is 1. The molecule has 0 aromatic heterocycles. The average Bonchev–Trinajstić information content (AvgIpc) is 3.33. The third kappa shape index (κ3) is 3.87. The van der Waals surface area contributed by atoms with Crippen LogP contribution in [0.2, 0.25) is 0 Å². The Balaban J connectivity index is 1.65. The molecule has 1 saturated heterocycles. The second kappa shape index (κ2) is 6.79. The molecule has 1 heterocycles. The van der Waals surface area contributed by atoms with Crippen LogP contribution in [0.5, 0.6) is 0 Å². The molecule has 1 aromatic rings. The van der Waals surface area contributed by atoms with Crippen molar-refractivity contribution in [1.82, 2.24) is 4.90 Å². The summed E-state index contributed by atoms with van der Waals surface area (Å²) < 4.78 is 0. The fourth-order valence-corrected chi connectivity index (χ4v) is 3.72. The topological polar surface area (TPSA) is 77.8 Å². The number of carbonyl (C=O) groups excluding carboxylic acids is 1. The fraction of sp³-hybridized carbons (Fsp3) is 0.600. The Morgan fingerprint density at radius 1 is 1.20 bits per heavy atom. The van der Waals surface area contributed by atoms with Gasteiger partial charge in [-0.15, -0.1) is 0 Å². The predicted octanol–water partition coefficient (Wildman–Crippen LogP) is 2.47. The number of hydrogen-bond donors (Lipinski definition) is 2. The molecule has 2 aliphatic rings. The maximum atomic E-state index is 12.4. The van der Waals surface area contributed by atoms with Gasteiger partial charge in [-0.25, -0.2) is 0 Å². The van der Waals surface area contributed by atoms with Gasteiger partial charge in [0.25, 0.3) is 0 Å². The van der Waals surface area contributed by atoms with E-state index >= 15 is 0 Å². The van der Waals surface area contributed by atoms with Crippen molar-refractivity contribution in [3.63, 3.8) is 0 Å². The number of carbonyl (C=O) groups is 2. The predicted molar refractivity (Wildman–Crippen MR) is 94.0 cm³/mol. The lowest BCUT2D eigenvalue weighted by atomic mass is 9.71. The zero-order chi connectivity index (χ0) is 18.1. The van der Waals surface area contributed by atoms with Crippen LogP contribution in [-0.2, 0) is 16.0 Å². The van der Waals surface area contributed by atoms with Gasteiger partial charge >= 0.3 is 5.97 Å². The van der Waals surface area contributed by atoms with E-state index in [2.05, 4.69) is 6.92 Å². The van der Waals surface area contributed by atoms with Crippen LogP contribution in [0.25, 0.3) is 0 Å². The van der Waals surface area contributed by atoms with Gasteiger partial charge in [-0.2, -0.15) is 0 Å². The van der Waals surface area contributed by atoms with Gasteiger partial charge in [-0.05, 0) is 43.1 Å². The fourth-order valence-electron chi connectivity index (χ4n) is 3.72. The molecule has 136 valence electrons. The molecule has 0 bridgehead atoms. The van der Waals surface area contributed by atoms with E-state index in [1.165, 1.54) is 12.8 Å². The molecule has 1 aliphatic carbocycles. The van der Waals surface area contributed by atoms with Crippen LogP contribution in [0.1, 0.15) is 44.6 Å². The minimum atomic E-state index is -1.22. The number of aliphatic carboxylic acids is 1. The van der Waals surface area contributed by atoms with Gasteiger partial charge in [0.2, 0.25) is 5.91 Å². The molecule has 3 rings (SSSR count). The van der Waals surface area contributed by atoms with E-state index in [1.54, 1.807) is 4.90 Å². The lowest BCUT2D eigenvalue weighted by molar-refractivity contribution is -0.166. The Morgan fingerprint density at radius 2 is 1.88 bits per heavy atom. The highest BCUT2D eigenvalue weighted by molar-refractivity contribution is 5.79. The van der Waals surface area contributed by atoms with Gasteiger partial charge in [-0.3, -0.25) is 9.59 Å². The highest BCUT2D eigenvalue weighted by Crippen LogP contribution is 2.49. The first-order valence-corrected chi connectivity index (χ1v) is 9.08. The minimum absolute atomic E-state index is 0.0332. The van der Waals surface area contributed by atoms with E-state index in [4.69, 9.17) is 0 Å². The number of aliphatic hydroxyl groups is 1. The number of hydrogen-bond acceptors (Lipinski definition) is 3. The number of nitrogens with zero attached hydrogens (tertiary/aromatic N) is 1. The maximum Gasteiger partial charge on any atom is 0.312 e. The number of rotatable bonds is 6. The quantitative estimate of drug-likeness (QED) is 0.830. The number of carboxylic acids is 1. The van der Waals surface area contributed by atoms with Crippen molar-refractivity contribution in [2.24, 2.45) is 10.8 Å². The number of piperidine rings is 1. The maximum absolute atomic E-state index is 12.4. The standard InChI is InChI=1S/C20H27NO4/c1-19(9-10-19)8-7-17(23)21-12-11-20(18(24)25,16(22)14-21)13-15-5-3-2-4-6-15/h2-6,16,22H,7-14H2,1H3,(H,24,25)/t16-,20+/m0/s1. The Hall–Kier alpha value is -1.88. The SMILES string of the molecule is CC1(CCC(=O)N2CC[C@](Cc3ccccc3)(C(=O)O)[C@@H](O)C2)CC1. The summed E-state index contributed by atoms with van der Waals surface area (Å²) in [4.78, 5) is 26.0. The Labute approximate surface area is 148 Å². The van der Waals surface area contributed by atoms with Crippen molar-refractivity contribution in [3.05, 3.63) is 35.9 Å². The van der Waals surface area contributed by atoms with E-state index in [0.717, 1.165) is 12.0 Å². The molecule has 1 saturated carbocycles. The molecule has 2 N–H and O–H groups in total. The summed E-state index contributed by atoms with van der Waals surface area (Å²) in [5.74, 6) is -0.952. The first-order chi connectivity index (χ1) is 11.8. The highest BCUT2D eigenvalue weighted by atomic mass is 16.4. The lowest BCUT2D eigenvalue weighted by Crippen LogP contribution is -2.57. The van der Waals surface area contributed by atoms with Crippen LogP contribution >= 0.6 is 0 Å². The van der Waals surface area contributed by atoms with Gasteiger partial charge in [0.05, 0.1) is 6.10 Å². The van der Waals surface area contributed by atoms with E-state index < -0.39 is 17.5 Å². The van der Waals surface area contributed by atoms with Crippen molar-refractivity contribution in [2.45, 2.75) is 51.6 Å². The van der Waals surface area contributed by atoms with Crippen LogP contribution in [-0.4, -0.2) is 46.2 Å². The van der Waals surface area contributed by atoms with Gasteiger partial charge in [0.1, 0.15) is 5.41 Å². The van der Waals surface area contributed by atoms with Gasteiger partial charge in [-0.1, -0.05) is 37.3 Å². The lowest BCUT2D eigenvalue weighted by Gasteiger charge is -2.43. The van der Waals surface area contributed by atoms with Gasteiger partial charge in [0, 0.05) is 19.5 Å². The van der Waals surface area contributed by atoms with Gasteiger partial charge in [0.15, 0.2) is 0 Å². The van der Waals surface area contributed by atoms with Crippen molar-refractivity contribution >= 4 is 11.9 Å². The summed E-state index contributed by atoms with van der Waals surface area (Å²) in [6, 6.07) is 9.38. The Morgan fingerprint density at radius 3 is 2.44 bits per heavy atom. The van der Waals surface area contributed by atoms with Crippen LogP contribution < -0.4 is 0 Å². The average molecular weight is 345 g/mol. The van der Waals surface area contributed by atoms with Gasteiger partial charge < -0.3 is 15.1 Å². The van der Waals surface area contributed by atoms with E-state index in [1.807, 2.05) is 30.3 Å². The minimum Gasteiger partial charge on any atom is -0.481 e. The summed E-state index contributed by atoms with van der Waals surface area (Å²) in [7, 11) is 0. The largest absolute Gasteiger partial charge is 0.481 e. The molecular formula is C20H27NO4. The van der Waals surface area contributed by atoms with E-state index in [-0.39, 0.29) is 25.3 Å². The highest BCUT2D eigenvalue weighted by Gasteiger charge is 2.49. The van der Waals surface area contributed by atoms with Crippen molar-refractivity contribution in [2.75, 3.05) is 13.1 Å². The van der Waals surface area contributed by atoms with Crippen LogP contribution in [0.4, 0.5) is 0 Å². The van der Waals surface area contributed by atoms with Crippen LogP contribution in [0.3, 0.4) is 0 Å². The molecule has 2 fully saturated rings. The summed E-state index contributed by atoms with van der Waals surface area (Å²) in [5, 5.41) is 20.4. The molecule has 1 aromatic carbocycles. The molecule has 5 heteroatoms. The molecular weight excluding hydrogens is 318 g/mol. The number of amides is 1. The molecule has 1 amide bonds. The Bertz CT molecular complexity index is 640. The third-order valence-electron chi connectivity index (χ3n) is 6.05. The molecule has 25 heavy (non-hydrogen) atoms. The van der Waals surface area contributed by atoms with Crippen LogP contribution in [0.15, 0.2) is 30.3 Å². The Kier molecular flexibility index (Phi) is 4.87. The van der Waals surface area contributed by atoms with E-state index in [0.29, 0.717) is 18.4 Å². The number of carboxylic acid groups (broad SMARTS) is 1. The summed E-state index contributed by atoms with van der Waals surface area (Å²) in [6.45, 7) is 2.70. The second-order valence-electron chi connectivity index (χ2n) is 8.04. The number of aliphatic hydroxyl groups excluding tert-OH is 1. The molecule has 0 unspecified atom stereocenters.